The van der Waals surface area contributed by atoms with E-state index in [1.54, 1.807) is 13.8 Å². The molecular weight excluding hydrogens is 312 g/mol. The standard InChI is InChI=1S/C16H28N4O2S/c1-4-19(12-16(2,3)22)10-14(21)18-15-17-13(11-23-15)9-20-7-5-6-8-20/h11,22H,4-10,12H2,1-3H3,(H,17,18,21). The minimum atomic E-state index is -0.805. The van der Waals surface area contributed by atoms with Crippen LogP contribution < -0.4 is 5.32 Å². The van der Waals surface area contributed by atoms with Gasteiger partial charge in [-0.2, -0.15) is 0 Å². The van der Waals surface area contributed by atoms with E-state index in [0.717, 1.165) is 31.9 Å². The molecule has 0 spiro atoms. The van der Waals surface area contributed by atoms with Crippen LogP contribution in [0.2, 0.25) is 0 Å². The minimum absolute atomic E-state index is 0.0850. The fraction of sp³-hybridized carbons (Fsp3) is 0.750. The third-order valence-electron chi connectivity index (χ3n) is 3.81. The second-order valence-corrected chi connectivity index (χ2v) is 7.65. The molecule has 2 rings (SSSR count). The van der Waals surface area contributed by atoms with Crippen molar-refractivity contribution in [3.05, 3.63) is 11.1 Å². The number of amides is 1. The number of carbonyl (C=O) groups excluding carboxylic acids is 1. The van der Waals surface area contributed by atoms with Crippen molar-refractivity contribution in [2.24, 2.45) is 0 Å². The van der Waals surface area contributed by atoms with Crippen molar-refractivity contribution < 1.29 is 9.90 Å². The Kier molecular flexibility index (Phi) is 6.52. The number of aliphatic hydroxyl groups is 1. The van der Waals surface area contributed by atoms with Gasteiger partial charge in [-0.3, -0.25) is 14.6 Å². The largest absolute Gasteiger partial charge is 0.389 e. The molecule has 0 atom stereocenters. The lowest BCUT2D eigenvalue weighted by Gasteiger charge is -2.27. The number of likely N-dealkylation sites (tertiary alicyclic amines) is 1. The average Bonchev–Trinajstić information content (AvgIpc) is 3.09. The molecule has 1 aliphatic heterocycles. The zero-order chi connectivity index (χ0) is 16.9. The van der Waals surface area contributed by atoms with E-state index in [1.807, 2.05) is 17.2 Å². The number of nitrogens with zero attached hydrogens (tertiary/aromatic N) is 3. The Balaban J connectivity index is 1.81. The van der Waals surface area contributed by atoms with Crippen LogP contribution in [0.4, 0.5) is 5.13 Å². The maximum atomic E-state index is 12.1. The predicted octanol–water partition coefficient (Wildman–Crippen LogP) is 1.77. The molecule has 0 unspecified atom stereocenters. The average molecular weight is 340 g/mol. The van der Waals surface area contributed by atoms with Gasteiger partial charge in [-0.25, -0.2) is 4.98 Å². The van der Waals surface area contributed by atoms with Crippen LogP contribution in [0.15, 0.2) is 5.38 Å². The molecule has 6 nitrogen and oxygen atoms in total. The molecular formula is C16H28N4O2S. The van der Waals surface area contributed by atoms with E-state index in [2.05, 4.69) is 15.2 Å². The van der Waals surface area contributed by atoms with E-state index in [9.17, 15) is 9.90 Å². The van der Waals surface area contributed by atoms with Crippen LogP contribution in [0.5, 0.6) is 0 Å². The van der Waals surface area contributed by atoms with Crippen LogP contribution >= 0.6 is 11.3 Å². The lowest BCUT2D eigenvalue weighted by atomic mass is 10.1. The highest BCUT2D eigenvalue weighted by Crippen LogP contribution is 2.19. The summed E-state index contributed by atoms with van der Waals surface area (Å²) < 4.78 is 0. The zero-order valence-electron chi connectivity index (χ0n) is 14.3. The molecule has 0 aromatic carbocycles. The van der Waals surface area contributed by atoms with Gasteiger partial charge in [0.25, 0.3) is 0 Å². The summed E-state index contributed by atoms with van der Waals surface area (Å²) in [7, 11) is 0. The van der Waals surface area contributed by atoms with Crippen molar-refractivity contribution >= 4 is 22.4 Å². The summed E-state index contributed by atoms with van der Waals surface area (Å²) in [5, 5.41) is 15.4. The number of likely N-dealkylation sites (N-methyl/N-ethyl adjacent to an activating group) is 1. The highest BCUT2D eigenvalue weighted by atomic mass is 32.1. The molecule has 1 amide bonds. The third-order valence-corrected chi connectivity index (χ3v) is 4.61. The van der Waals surface area contributed by atoms with E-state index < -0.39 is 5.60 Å². The van der Waals surface area contributed by atoms with Gasteiger partial charge in [0.1, 0.15) is 0 Å². The molecule has 1 aliphatic rings. The summed E-state index contributed by atoms with van der Waals surface area (Å²) in [5.41, 5.74) is 0.219. The number of anilines is 1. The summed E-state index contributed by atoms with van der Waals surface area (Å²) in [6.07, 6.45) is 2.53. The van der Waals surface area contributed by atoms with Crippen LogP contribution in [0, 0.1) is 0 Å². The van der Waals surface area contributed by atoms with Gasteiger partial charge in [0, 0.05) is 18.5 Å². The smallest absolute Gasteiger partial charge is 0.240 e. The molecule has 0 saturated carbocycles. The SMILES string of the molecule is CCN(CC(=O)Nc1nc(CN2CCCC2)cs1)CC(C)(C)O. The molecule has 2 N–H and O–H groups in total. The van der Waals surface area contributed by atoms with Gasteiger partial charge >= 0.3 is 0 Å². The van der Waals surface area contributed by atoms with E-state index in [-0.39, 0.29) is 12.5 Å². The van der Waals surface area contributed by atoms with Gasteiger partial charge in [-0.05, 0) is 46.3 Å². The first kappa shape index (κ1) is 18.3. The number of aromatic nitrogens is 1. The third kappa shape index (κ3) is 6.55. The lowest BCUT2D eigenvalue weighted by Crippen LogP contribution is -2.42. The van der Waals surface area contributed by atoms with Gasteiger partial charge < -0.3 is 10.4 Å². The summed E-state index contributed by atoms with van der Waals surface area (Å²) in [5.74, 6) is -0.0850. The van der Waals surface area contributed by atoms with Crippen molar-refractivity contribution in [2.75, 3.05) is 38.0 Å². The van der Waals surface area contributed by atoms with Crippen molar-refractivity contribution in [1.29, 1.82) is 0 Å². The van der Waals surface area contributed by atoms with Crippen molar-refractivity contribution in [3.8, 4) is 0 Å². The Hall–Kier alpha value is -1.02. The maximum absolute atomic E-state index is 12.1. The zero-order valence-corrected chi connectivity index (χ0v) is 15.2. The summed E-state index contributed by atoms with van der Waals surface area (Å²) >= 11 is 1.47. The molecule has 1 fully saturated rings. The lowest BCUT2D eigenvalue weighted by molar-refractivity contribution is -0.117. The second-order valence-electron chi connectivity index (χ2n) is 6.79. The molecule has 1 aromatic heterocycles. The Labute approximate surface area is 142 Å². The molecule has 23 heavy (non-hydrogen) atoms. The molecule has 1 saturated heterocycles. The van der Waals surface area contributed by atoms with Gasteiger partial charge in [-0.1, -0.05) is 6.92 Å². The Morgan fingerprint density at radius 2 is 2.17 bits per heavy atom. The summed E-state index contributed by atoms with van der Waals surface area (Å²) in [6, 6.07) is 0. The van der Waals surface area contributed by atoms with E-state index in [1.165, 1.54) is 24.2 Å². The molecule has 7 heteroatoms. The Morgan fingerprint density at radius 1 is 1.48 bits per heavy atom. The van der Waals surface area contributed by atoms with Crippen molar-refractivity contribution in [1.82, 2.24) is 14.8 Å². The summed E-state index contributed by atoms with van der Waals surface area (Å²) in [4.78, 5) is 21.0. The van der Waals surface area contributed by atoms with E-state index in [0.29, 0.717) is 11.7 Å². The topological polar surface area (TPSA) is 68.7 Å². The second kappa shape index (κ2) is 8.19. The van der Waals surface area contributed by atoms with Gasteiger partial charge in [0.2, 0.25) is 5.91 Å². The molecule has 0 radical (unpaired) electrons. The number of thiazole rings is 1. The molecule has 0 aliphatic carbocycles. The number of rotatable bonds is 8. The van der Waals surface area contributed by atoms with Crippen LogP contribution in [-0.4, -0.2) is 64.1 Å². The quantitative estimate of drug-likeness (QED) is 0.755. The van der Waals surface area contributed by atoms with E-state index in [4.69, 9.17) is 0 Å². The summed E-state index contributed by atoms with van der Waals surface area (Å²) in [6.45, 7) is 10.1. The highest BCUT2D eigenvalue weighted by molar-refractivity contribution is 7.13. The number of hydrogen-bond donors (Lipinski definition) is 2. The number of hydrogen-bond acceptors (Lipinski definition) is 6. The van der Waals surface area contributed by atoms with Gasteiger partial charge in [0.05, 0.1) is 17.8 Å². The number of carbonyl (C=O) groups is 1. The normalized spacial score (nSPS) is 16.2. The van der Waals surface area contributed by atoms with Crippen LogP contribution in [0.25, 0.3) is 0 Å². The first-order chi connectivity index (χ1) is 10.9. The highest BCUT2D eigenvalue weighted by Gasteiger charge is 2.20. The van der Waals surface area contributed by atoms with Crippen LogP contribution in [-0.2, 0) is 11.3 Å². The molecule has 0 bridgehead atoms. The Bertz CT molecular complexity index is 506. The fourth-order valence-corrected chi connectivity index (χ4v) is 3.51. The first-order valence-corrected chi connectivity index (χ1v) is 9.15. The van der Waals surface area contributed by atoms with E-state index >= 15 is 0 Å². The monoisotopic (exact) mass is 340 g/mol. The van der Waals surface area contributed by atoms with Crippen LogP contribution in [0.1, 0.15) is 39.3 Å². The number of nitrogens with one attached hydrogen (secondary N) is 1. The minimum Gasteiger partial charge on any atom is -0.389 e. The van der Waals surface area contributed by atoms with Gasteiger partial charge in [0.15, 0.2) is 5.13 Å². The maximum Gasteiger partial charge on any atom is 0.240 e. The van der Waals surface area contributed by atoms with Crippen molar-refractivity contribution in [2.45, 2.75) is 45.8 Å². The molecule has 130 valence electrons. The Morgan fingerprint density at radius 3 is 2.78 bits per heavy atom. The predicted molar refractivity (Wildman–Crippen MR) is 93.7 cm³/mol. The molecule has 2 heterocycles. The first-order valence-electron chi connectivity index (χ1n) is 8.27. The van der Waals surface area contributed by atoms with Crippen molar-refractivity contribution in [3.63, 3.8) is 0 Å². The van der Waals surface area contributed by atoms with Gasteiger partial charge in [-0.15, -0.1) is 11.3 Å². The molecule has 1 aromatic rings. The van der Waals surface area contributed by atoms with Crippen LogP contribution in [0.3, 0.4) is 0 Å². The fourth-order valence-electron chi connectivity index (χ4n) is 2.80.